The van der Waals surface area contributed by atoms with E-state index in [0.717, 1.165) is 11.1 Å². The number of hydrogen-bond donors (Lipinski definition) is 2. The van der Waals surface area contributed by atoms with E-state index >= 15 is 0 Å². The van der Waals surface area contributed by atoms with Crippen LogP contribution >= 0.6 is 11.8 Å². The third kappa shape index (κ3) is 5.26. The fraction of sp³-hybridized carbons (Fsp3) is 0.250. The van der Waals surface area contributed by atoms with Crippen molar-refractivity contribution >= 4 is 27.8 Å². The van der Waals surface area contributed by atoms with Crippen LogP contribution in [0.3, 0.4) is 0 Å². The molecule has 8 nitrogen and oxygen atoms in total. The van der Waals surface area contributed by atoms with Crippen molar-refractivity contribution in [2.75, 3.05) is 0 Å². The largest absolute Gasteiger partial charge is 0.478 e. The van der Waals surface area contributed by atoms with Crippen LogP contribution in [-0.4, -0.2) is 34.3 Å². The summed E-state index contributed by atoms with van der Waals surface area (Å²) >= 11 is 1.46. The van der Waals surface area contributed by atoms with E-state index in [1.165, 1.54) is 11.8 Å². The van der Waals surface area contributed by atoms with Gasteiger partial charge in [0.05, 0.1) is 17.0 Å². The first-order valence-corrected chi connectivity index (χ1v) is 11.7. The number of aromatic nitrogens is 3. The van der Waals surface area contributed by atoms with Crippen molar-refractivity contribution in [2.45, 2.75) is 42.7 Å². The quantitative estimate of drug-likeness (QED) is 0.486. The first kappa shape index (κ1) is 22.0. The highest BCUT2D eigenvalue weighted by Crippen LogP contribution is 2.22. The third-order valence-electron chi connectivity index (χ3n) is 4.43. The van der Waals surface area contributed by atoms with Crippen molar-refractivity contribution < 1.29 is 18.3 Å². The maximum Gasteiger partial charge on any atom is 0.335 e. The lowest BCUT2D eigenvalue weighted by atomic mass is 10.1. The first-order chi connectivity index (χ1) is 14.3. The summed E-state index contributed by atoms with van der Waals surface area (Å²) in [5, 5.41) is 18.0. The molecule has 0 spiro atoms. The Morgan fingerprint density at radius 1 is 1.10 bits per heavy atom. The molecular weight excluding hydrogens is 424 g/mol. The second-order valence-electron chi connectivity index (χ2n) is 6.57. The number of aryl methyl sites for hydroxylation is 1. The minimum atomic E-state index is -3.64. The van der Waals surface area contributed by atoms with Gasteiger partial charge in [-0.05, 0) is 43.7 Å². The van der Waals surface area contributed by atoms with Crippen LogP contribution in [0.4, 0.5) is 0 Å². The summed E-state index contributed by atoms with van der Waals surface area (Å²) in [5.74, 6) is 0.155. The van der Waals surface area contributed by atoms with Crippen molar-refractivity contribution in [3.63, 3.8) is 0 Å². The van der Waals surface area contributed by atoms with Crippen LogP contribution in [-0.2, 0) is 28.9 Å². The predicted octanol–water partition coefficient (Wildman–Crippen LogP) is 3.08. The summed E-state index contributed by atoms with van der Waals surface area (Å²) in [7, 11) is -3.64. The maximum absolute atomic E-state index is 12.5. The van der Waals surface area contributed by atoms with Gasteiger partial charge in [0.1, 0.15) is 5.82 Å². The molecule has 0 aliphatic heterocycles. The summed E-state index contributed by atoms with van der Waals surface area (Å²) in [6, 6.07) is 13.3. The summed E-state index contributed by atoms with van der Waals surface area (Å²) in [6.45, 7) is 4.46. The van der Waals surface area contributed by atoms with E-state index in [1.807, 2.05) is 18.4 Å². The number of carboxylic acids is 1. The normalized spacial score (nSPS) is 11.5. The summed E-state index contributed by atoms with van der Waals surface area (Å²) in [4.78, 5) is 11.1. The molecule has 10 heteroatoms. The van der Waals surface area contributed by atoms with Crippen LogP contribution in [0.2, 0.25) is 0 Å². The molecule has 0 saturated carbocycles. The topological polar surface area (TPSA) is 114 Å². The molecule has 0 aliphatic rings. The average molecular weight is 447 g/mol. The Hall–Kier alpha value is -2.69. The van der Waals surface area contributed by atoms with E-state index in [-0.39, 0.29) is 17.0 Å². The second-order valence-corrected chi connectivity index (χ2v) is 9.28. The Morgan fingerprint density at radius 2 is 1.77 bits per heavy atom. The third-order valence-corrected chi connectivity index (χ3v) is 6.89. The van der Waals surface area contributed by atoms with E-state index in [9.17, 15) is 13.2 Å². The molecule has 0 radical (unpaired) electrons. The highest BCUT2D eigenvalue weighted by Gasteiger charge is 2.17. The molecule has 0 amide bonds. The van der Waals surface area contributed by atoms with Gasteiger partial charge in [0, 0.05) is 12.3 Å². The fourth-order valence-electron chi connectivity index (χ4n) is 2.73. The molecule has 1 heterocycles. The van der Waals surface area contributed by atoms with Crippen molar-refractivity contribution in [3.8, 4) is 0 Å². The molecule has 0 unspecified atom stereocenters. The molecule has 158 valence electrons. The number of rotatable bonds is 9. The van der Waals surface area contributed by atoms with E-state index < -0.39 is 16.0 Å². The Morgan fingerprint density at radius 3 is 2.37 bits per heavy atom. The van der Waals surface area contributed by atoms with Gasteiger partial charge in [0.25, 0.3) is 0 Å². The summed E-state index contributed by atoms with van der Waals surface area (Å²) in [5.41, 5.74) is 2.18. The van der Waals surface area contributed by atoms with Crippen LogP contribution < -0.4 is 4.72 Å². The van der Waals surface area contributed by atoms with E-state index in [4.69, 9.17) is 5.11 Å². The lowest BCUT2D eigenvalue weighted by molar-refractivity contribution is 0.0697. The molecule has 0 bridgehead atoms. The number of benzene rings is 2. The van der Waals surface area contributed by atoms with Crippen LogP contribution in [0.25, 0.3) is 0 Å². The Kier molecular flexibility index (Phi) is 6.91. The minimum absolute atomic E-state index is 0.0327. The SMILES string of the molecule is CCn1c(CNS(=O)(=O)c2ccc(C)cc2)nnc1SCc1ccc(C(=O)O)cc1. The summed E-state index contributed by atoms with van der Waals surface area (Å²) < 4.78 is 29.4. The molecular formula is C20H22N4O4S2. The molecule has 3 aromatic rings. The Bertz CT molecular complexity index is 1120. The minimum Gasteiger partial charge on any atom is -0.478 e. The molecule has 0 aliphatic carbocycles. The maximum atomic E-state index is 12.5. The molecule has 0 fully saturated rings. The van der Waals surface area contributed by atoms with Crippen molar-refractivity contribution in [1.29, 1.82) is 0 Å². The number of sulfonamides is 1. The summed E-state index contributed by atoms with van der Waals surface area (Å²) in [6.07, 6.45) is 0. The van der Waals surface area contributed by atoms with Gasteiger partial charge in [0.15, 0.2) is 5.16 Å². The van der Waals surface area contributed by atoms with Gasteiger partial charge in [-0.1, -0.05) is 41.6 Å². The van der Waals surface area contributed by atoms with Gasteiger partial charge < -0.3 is 9.67 Å². The Balaban J connectivity index is 1.66. The molecule has 0 atom stereocenters. The zero-order valence-electron chi connectivity index (χ0n) is 16.6. The number of carboxylic acid groups (broad SMARTS) is 1. The van der Waals surface area contributed by atoms with Crippen molar-refractivity contribution in [3.05, 3.63) is 71.0 Å². The van der Waals surface area contributed by atoms with Gasteiger partial charge >= 0.3 is 5.97 Å². The van der Waals surface area contributed by atoms with Gasteiger partial charge in [0.2, 0.25) is 10.0 Å². The molecule has 30 heavy (non-hydrogen) atoms. The van der Waals surface area contributed by atoms with Crippen LogP contribution in [0.1, 0.15) is 34.2 Å². The zero-order chi connectivity index (χ0) is 21.7. The standard InChI is InChI=1S/C20H22N4O4S2/c1-3-24-18(12-21-30(27,28)17-10-4-14(2)5-11-17)22-23-20(24)29-13-15-6-8-16(9-7-15)19(25)26/h4-11,21H,3,12-13H2,1-2H3,(H,25,26). The monoisotopic (exact) mass is 446 g/mol. The molecule has 0 saturated heterocycles. The van der Waals surface area contributed by atoms with Gasteiger partial charge in [-0.3, -0.25) is 0 Å². The van der Waals surface area contributed by atoms with Crippen LogP contribution in [0.5, 0.6) is 0 Å². The number of aromatic carboxylic acids is 1. The van der Waals surface area contributed by atoms with Gasteiger partial charge in [-0.2, -0.15) is 0 Å². The van der Waals surface area contributed by atoms with Crippen LogP contribution in [0, 0.1) is 6.92 Å². The van der Waals surface area contributed by atoms with Crippen LogP contribution in [0.15, 0.2) is 58.6 Å². The predicted molar refractivity (Wildman–Crippen MR) is 114 cm³/mol. The number of hydrogen-bond acceptors (Lipinski definition) is 6. The lowest BCUT2D eigenvalue weighted by Crippen LogP contribution is -2.25. The number of thioether (sulfide) groups is 1. The zero-order valence-corrected chi connectivity index (χ0v) is 18.2. The van der Waals surface area contributed by atoms with Gasteiger partial charge in [-0.25, -0.2) is 17.9 Å². The average Bonchev–Trinajstić information content (AvgIpc) is 3.13. The number of nitrogens with zero attached hydrogens (tertiary/aromatic N) is 3. The molecule has 3 rings (SSSR count). The lowest BCUT2D eigenvalue weighted by Gasteiger charge is -2.09. The van der Waals surface area contributed by atoms with Crippen molar-refractivity contribution in [2.24, 2.45) is 0 Å². The van der Waals surface area contributed by atoms with E-state index in [2.05, 4.69) is 14.9 Å². The number of carbonyl (C=O) groups is 1. The van der Waals surface area contributed by atoms with E-state index in [1.54, 1.807) is 48.5 Å². The van der Waals surface area contributed by atoms with E-state index in [0.29, 0.717) is 23.3 Å². The van der Waals surface area contributed by atoms with Crippen molar-refractivity contribution in [1.82, 2.24) is 19.5 Å². The highest BCUT2D eigenvalue weighted by atomic mass is 32.2. The molecule has 1 aromatic heterocycles. The molecule has 2 N–H and O–H groups in total. The second kappa shape index (κ2) is 9.41. The number of nitrogens with one attached hydrogen (secondary N) is 1. The van der Waals surface area contributed by atoms with Gasteiger partial charge in [-0.15, -0.1) is 10.2 Å². The first-order valence-electron chi connectivity index (χ1n) is 9.23. The smallest absolute Gasteiger partial charge is 0.335 e. The Labute approximate surface area is 179 Å². The fourth-order valence-corrected chi connectivity index (χ4v) is 4.68. The molecule has 2 aromatic carbocycles. The highest BCUT2D eigenvalue weighted by molar-refractivity contribution is 7.98.